The van der Waals surface area contributed by atoms with Crippen LogP contribution in [0.4, 0.5) is 0 Å². The first-order valence-electron chi connectivity index (χ1n) is 11.3. The van der Waals surface area contributed by atoms with E-state index in [0.717, 1.165) is 24.0 Å². The Balaban J connectivity index is 1.64. The van der Waals surface area contributed by atoms with Crippen molar-refractivity contribution in [1.29, 1.82) is 0 Å². The van der Waals surface area contributed by atoms with E-state index in [-0.39, 0.29) is 30.3 Å². The number of primary amides is 1. The smallest absolute Gasteiger partial charge is 0.251 e. The highest BCUT2D eigenvalue weighted by atomic mass is 16.2. The van der Waals surface area contributed by atoms with Crippen LogP contribution in [-0.4, -0.2) is 56.4 Å². The molecule has 0 aliphatic heterocycles. The van der Waals surface area contributed by atoms with Crippen molar-refractivity contribution in [2.24, 2.45) is 5.73 Å². The maximum atomic E-state index is 12.3. The number of likely N-dealkylation sites (N-methyl/N-ethyl adjacent to an activating group) is 1. The molecule has 0 bridgehead atoms. The van der Waals surface area contributed by atoms with Crippen LogP contribution in [-0.2, 0) is 22.4 Å². The Bertz CT molecular complexity index is 974. The number of benzene rings is 2. The molecule has 0 aliphatic rings. The second kappa shape index (κ2) is 13.7. The molecule has 2 aromatic rings. The molecule has 0 saturated heterocycles. The van der Waals surface area contributed by atoms with Crippen LogP contribution >= 0.6 is 0 Å². The zero-order valence-corrected chi connectivity index (χ0v) is 19.6. The van der Waals surface area contributed by atoms with Crippen LogP contribution in [0.1, 0.15) is 45.2 Å². The van der Waals surface area contributed by atoms with Crippen molar-refractivity contribution in [3.05, 3.63) is 70.8 Å². The van der Waals surface area contributed by atoms with Crippen molar-refractivity contribution in [2.45, 2.75) is 32.2 Å². The van der Waals surface area contributed by atoms with Crippen LogP contribution < -0.4 is 27.0 Å². The molecule has 2 rings (SSSR count). The Kier molecular flexibility index (Phi) is 10.7. The second-order valence-corrected chi connectivity index (χ2v) is 7.95. The molecule has 4 amide bonds. The van der Waals surface area contributed by atoms with Gasteiger partial charge in [-0.05, 0) is 68.6 Å². The Morgan fingerprint density at radius 3 is 1.85 bits per heavy atom. The first-order valence-corrected chi connectivity index (χ1v) is 11.3. The molecule has 2 aromatic carbocycles. The van der Waals surface area contributed by atoms with E-state index in [0.29, 0.717) is 30.6 Å². The fourth-order valence-corrected chi connectivity index (χ4v) is 3.08. The Labute approximate surface area is 199 Å². The van der Waals surface area contributed by atoms with E-state index in [9.17, 15) is 19.2 Å². The number of hydrogen-bond acceptors (Lipinski definition) is 5. The zero-order chi connectivity index (χ0) is 24.9. The number of rotatable bonds is 13. The second-order valence-electron chi connectivity index (χ2n) is 7.95. The van der Waals surface area contributed by atoms with Gasteiger partial charge in [-0.1, -0.05) is 24.3 Å². The van der Waals surface area contributed by atoms with E-state index >= 15 is 0 Å². The summed E-state index contributed by atoms with van der Waals surface area (Å²) >= 11 is 0. The number of aryl methyl sites for hydroxylation is 2. The van der Waals surface area contributed by atoms with E-state index in [1.165, 1.54) is 0 Å². The fourth-order valence-electron chi connectivity index (χ4n) is 3.08. The highest BCUT2D eigenvalue weighted by Gasteiger charge is 2.11. The van der Waals surface area contributed by atoms with E-state index < -0.39 is 5.91 Å². The van der Waals surface area contributed by atoms with E-state index in [4.69, 9.17) is 5.73 Å². The predicted molar refractivity (Wildman–Crippen MR) is 130 cm³/mol. The molecule has 6 N–H and O–H groups in total. The Morgan fingerprint density at radius 1 is 0.794 bits per heavy atom. The summed E-state index contributed by atoms with van der Waals surface area (Å²) in [6.07, 6.45) is 2.20. The third-order valence-electron chi connectivity index (χ3n) is 5.37. The third-order valence-corrected chi connectivity index (χ3v) is 5.37. The lowest BCUT2D eigenvalue weighted by atomic mass is 10.0. The number of carbonyl (C=O) groups excluding carboxylic acids is 4. The number of nitrogens with two attached hydrogens (primary N) is 1. The van der Waals surface area contributed by atoms with Gasteiger partial charge in [0.25, 0.3) is 5.91 Å². The lowest BCUT2D eigenvalue weighted by molar-refractivity contribution is -0.127. The molecule has 34 heavy (non-hydrogen) atoms. The number of nitrogens with one attached hydrogen (secondary N) is 4. The van der Waals surface area contributed by atoms with Crippen LogP contribution in [0.2, 0.25) is 0 Å². The van der Waals surface area contributed by atoms with Crippen molar-refractivity contribution < 1.29 is 19.2 Å². The van der Waals surface area contributed by atoms with Gasteiger partial charge in [-0.25, -0.2) is 0 Å². The maximum absolute atomic E-state index is 12.3. The average Bonchev–Trinajstić information content (AvgIpc) is 2.85. The topological polar surface area (TPSA) is 142 Å². The monoisotopic (exact) mass is 467 g/mol. The summed E-state index contributed by atoms with van der Waals surface area (Å²) in [5.41, 5.74) is 8.53. The van der Waals surface area contributed by atoms with Gasteiger partial charge in [-0.3, -0.25) is 19.2 Å². The summed E-state index contributed by atoms with van der Waals surface area (Å²) in [6, 6.07) is 14.3. The van der Waals surface area contributed by atoms with Gasteiger partial charge in [0.15, 0.2) is 0 Å². The first kappa shape index (κ1) is 26.5. The van der Waals surface area contributed by atoms with Crippen LogP contribution in [0.25, 0.3) is 0 Å². The molecule has 1 unspecified atom stereocenters. The van der Waals surface area contributed by atoms with E-state index in [1.807, 2.05) is 24.3 Å². The van der Waals surface area contributed by atoms with Crippen LogP contribution in [0.15, 0.2) is 48.5 Å². The minimum absolute atomic E-state index is 0.0811. The molecule has 0 aromatic heterocycles. The highest BCUT2D eigenvalue weighted by Crippen LogP contribution is 2.10. The van der Waals surface area contributed by atoms with Crippen molar-refractivity contribution in [2.75, 3.05) is 26.7 Å². The van der Waals surface area contributed by atoms with Gasteiger partial charge in [-0.15, -0.1) is 0 Å². The molecule has 9 heteroatoms. The van der Waals surface area contributed by atoms with Gasteiger partial charge in [-0.2, -0.15) is 0 Å². The fraction of sp³-hybridized carbons (Fsp3) is 0.360. The zero-order valence-electron chi connectivity index (χ0n) is 19.6. The molecule has 182 valence electrons. The minimum atomic E-state index is -0.439. The molecular formula is C25H33N5O4. The standard InChI is InChI=1S/C25H33N5O4/c1-17(27-2)24(33)30-16-22(31)28-14-3-15-29-25(34)21-12-8-19(9-13-21)5-4-18-6-10-20(11-7-18)23(26)32/h6-13,17,27H,3-5,14-16H2,1-2H3,(H2,26,32)(H,28,31)(H,29,34)(H,30,33). The normalized spacial score (nSPS) is 11.4. The van der Waals surface area contributed by atoms with Crippen LogP contribution in [0, 0.1) is 0 Å². The molecule has 1 atom stereocenters. The molecule has 0 radical (unpaired) electrons. The van der Waals surface area contributed by atoms with Gasteiger partial charge < -0.3 is 27.0 Å². The summed E-state index contributed by atoms with van der Waals surface area (Å²) in [7, 11) is 1.67. The Hall–Kier alpha value is -3.72. The molecular weight excluding hydrogens is 434 g/mol. The quantitative estimate of drug-likeness (QED) is 0.273. The summed E-state index contributed by atoms with van der Waals surface area (Å²) in [5.74, 6) is -1.13. The van der Waals surface area contributed by atoms with Gasteiger partial charge >= 0.3 is 0 Å². The van der Waals surface area contributed by atoms with E-state index in [1.54, 1.807) is 38.2 Å². The van der Waals surface area contributed by atoms with Crippen LogP contribution in [0.3, 0.4) is 0 Å². The summed E-state index contributed by atoms with van der Waals surface area (Å²) in [4.78, 5) is 46.8. The van der Waals surface area contributed by atoms with Gasteiger partial charge in [0, 0.05) is 24.2 Å². The highest BCUT2D eigenvalue weighted by molar-refractivity contribution is 5.94. The largest absolute Gasteiger partial charge is 0.366 e. The molecule has 0 fully saturated rings. The number of carbonyl (C=O) groups is 4. The predicted octanol–water partition coefficient (Wildman–Crippen LogP) is 0.531. The van der Waals surface area contributed by atoms with Gasteiger partial charge in [0.2, 0.25) is 17.7 Å². The molecule has 0 saturated carbocycles. The van der Waals surface area contributed by atoms with Gasteiger partial charge in [0.1, 0.15) is 0 Å². The molecule has 0 heterocycles. The maximum Gasteiger partial charge on any atom is 0.251 e. The minimum Gasteiger partial charge on any atom is -0.366 e. The van der Waals surface area contributed by atoms with Crippen molar-refractivity contribution >= 4 is 23.6 Å². The van der Waals surface area contributed by atoms with E-state index in [2.05, 4.69) is 21.3 Å². The third kappa shape index (κ3) is 9.03. The number of hydrogen-bond donors (Lipinski definition) is 5. The summed E-state index contributed by atoms with van der Waals surface area (Å²) in [6.45, 7) is 2.45. The lowest BCUT2D eigenvalue weighted by Gasteiger charge is -2.11. The average molecular weight is 468 g/mol. The van der Waals surface area contributed by atoms with Crippen molar-refractivity contribution in [3.8, 4) is 0 Å². The lowest BCUT2D eigenvalue weighted by Crippen LogP contribution is -2.45. The summed E-state index contributed by atoms with van der Waals surface area (Å²) < 4.78 is 0. The van der Waals surface area contributed by atoms with Crippen molar-refractivity contribution in [1.82, 2.24) is 21.3 Å². The SMILES string of the molecule is CNC(C)C(=O)NCC(=O)NCCCNC(=O)c1ccc(CCc2ccc(C(N)=O)cc2)cc1. The number of amides is 4. The van der Waals surface area contributed by atoms with Crippen molar-refractivity contribution in [3.63, 3.8) is 0 Å². The Morgan fingerprint density at radius 2 is 1.32 bits per heavy atom. The first-order chi connectivity index (χ1) is 16.3. The van der Waals surface area contributed by atoms with Crippen LogP contribution in [0.5, 0.6) is 0 Å². The van der Waals surface area contributed by atoms with Gasteiger partial charge in [0.05, 0.1) is 12.6 Å². The molecule has 9 nitrogen and oxygen atoms in total. The molecule has 0 spiro atoms. The summed E-state index contributed by atoms with van der Waals surface area (Å²) in [5, 5.41) is 10.9. The molecule has 0 aliphatic carbocycles.